The van der Waals surface area contributed by atoms with Gasteiger partial charge in [-0.05, 0) is 99.5 Å². The fourth-order valence-electron chi connectivity index (χ4n) is 8.90. The molecule has 57 heavy (non-hydrogen) atoms. The van der Waals surface area contributed by atoms with E-state index in [0.29, 0.717) is 5.82 Å². The van der Waals surface area contributed by atoms with E-state index >= 15 is 0 Å². The van der Waals surface area contributed by atoms with Gasteiger partial charge in [-0.3, -0.25) is 0 Å². The van der Waals surface area contributed by atoms with Gasteiger partial charge in [-0.15, -0.1) is 0 Å². The molecule has 1 aliphatic rings. The molecule has 10 aromatic rings. The van der Waals surface area contributed by atoms with Crippen molar-refractivity contribution < 1.29 is 4.42 Å². The highest BCUT2D eigenvalue weighted by atomic mass is 16.3. The Morgan fingerprint density at radius 2 is 0.982 bits per heavy atom. The molecule has 1 unspecified atom stereocenters. The van der Waals surface area contributed by atoms with Gasteiger partial charge in [0.1, 0.15) is 11.2 Å². The topological polar surface area (TPSA) is 38.9 Å². The molecule has 1 atom stereocenters. The van der Waals surface area contributed by atoms with Gasteiger partial charge in [0.05, 0.1) is 11.4 Å². The first-order valence-corrected chi connectivity index (χ1v) is 19.5. The average molecular weight is 729 g/mol. The van der Waals surface area contributed by atoms with Gasteiger partial charge in [0.25, 0.3) is 0 Å². The van der Waals surface area contributed by atoms with Crippen LogP contribution in [0.5, 0.6) is 0 Å². The standard InChI is InChI=1S/C54H36N2O/c1-54(41-21-9-4-10-22-41)46-25-14-24-42(35-15-5-2-6-16-35)52(46)44-29-27-38(33-47(44)54)37-19-13-20-39(31-37)48-34-49(56-53(55-48)36-17-7-3-8-18-36)40-28-30-51-45(32-40)43-23-11-12-26-50(43)57-51/h2-34H,1H3. The zero-order valence-electron chi connectivity index (χ0n) is 31.4. The van der Waals surface area contributed by atoms with Crippen molar-refractivity contribution in [2.24, 2.45) is 0 Å². The van der Waals surface area contributed by atoms with Gasteiger partial charge in [-0.1, -0.05) is 158 Å². The molecule has 0 saturated heterocycles. The molecule has 0 bridgehead atoms. The predicted octanol–water partition coefficient (Wildman–Crippen LogP) is 14.0. The van der Waals surface area contributed by atoms with Crippen molar-refractivity contribution in [2.45, 2.75) is 12.3 Å². The van der Waals surface area contributed by atoms with Crippen LogP contribution in [0.2, 0.25) is 0 Å². The Bertz CT molecular complexity index is 3130. The van der Waals surface area contributed by atoms with Crippen LogP contribution in [0.1, 0.15) is 23.6 Å². The molecule has 0 fully saturated rings. The minimum absolute atomic E-state index is 0.335. The maximum absolute atomic E-state index is 6.16. The highest BCUT2D eigenvalue weighted by Gasteiger charge is 2.42. The Balaban J connectivity index is 1.05. The Morgan fingerprint density at radius 3 is 1.77 bits per heavy atom. The number of hydrogen-bond acceptors (Lipinski definition) is 3. The van der Waals surface area contributed by atoms with E-state index < -0.39 is 0 Å². The molecule has 3 nitrogen and oxygen atoms in total. The Morgan fingerprint density at radius 1 is 0.386 bits per heavy atom. The largest absolute Gasteiger partial charge is 0.456 e. The second-order valence-corrected chi connectivity index (χ2v) is 15.1. The van der Waals surface area contributed by atoms with E-state index in [9.17, 15) is 0 Å². The molecule has 3 heteroatoms. The summed E-state index contributed by atoms with van der Waals surface area (Å²) in [4.78, 5) is 10.3. The molecule has 0 radical (unpaired) electrons. The lowest BCUT2D eigenvalue weighted by Gasteiger charge is -2.29. The van der Waals surface area contributed by atoms with Crippen molar-refractivity contribution in [3.05, 3.63) is 217 Å². The number of rotatable bonds is 6. The molecule has 0 aliphatic heterocycles. The van der Waals surface area contributed by atoms with Crippen LogP contribution in [0.25, 0.3) is 89.2 Å². The molecule has 2 heterocycles. The highest BCUT2D eigenvalue weighted by Crippen LogP contribution is 2.55. The highest BCUT2D eigenvalue weighted by molar-refractivity contribution is 6.06. The first-order chi connectivity index (χ1) is 28.1. The monoisotopic (exact) mass is 728 g/mol. The molecule has 0 saturated carbocycles. The summed E-state index contributed by atoms with van der Waals surface area (Å²) >= 11 is 0. The van der Waals surface area contributed by atoms with Gasteiger partial charge in [0.15, 0.2) is 5.82 Å². The molecule has 1 aliphatic carbocycles. The van der Waals surface area contributed by atoms with Crippen LogP contribution in [0, 0.1) is 0 Å². The lowest BCUT2D eigenvalue weighted by Crippen LogP contribution is -2.22. The van der Waals surface area contributed by atoms with Gasteiger partial charge < -0.3 is 4.42 Å². The number of aromatic nitrogens is 2. The third-order valence-electron chi connectivity index (χ3n) is 11.8. The zero-order chi connectivity index (χ0) is 37.9. The summed E-state index contributed by atoms with van der Waals surface area (Å²) in [6.07, 6.45) is 0. The first-order valence-electron chi connectivity index (χ1n) is 19.5. The summed E-state index contributed by atoms with van der Waals surface area (Å²) in [6.45, 7) is 2.39. The van der Waals surface area contributed by atoms with Crippen molar-refractivity contribution in [1.29, 1.82) is 0 Å². The summed E-state index contributed by atoms with van der Waals surface area (Å²) in [5.74, 6) is 0.689. The number of benzene rings is 8. The fraction of sp³-hybridized carbons (Fsp3) is 0.0370. The number of fused-ring (bicyclic) bond motifs is 6. The second-order valence-electron chi connectivity index (χ2n) is 15.1. The smallest absolute Gasteiger partial charge is 0.160 e. The quantitative estimate of drug-likeness (QED) is 0.171. The average Bonchev–Trinajstić information content (AvgIpc) is 3.79. The normalized spacial score (nSPS) is 14.5. The molecule has 2 aromatic heterocycles. The van der Waals surface area contributed by atoms with Gasteiger partial charge in [0.2, 0.25) is 0 Å². The van der Waals surface area contributed by atoms with E-state index in [2.05, 4.69) is 171 Å². The van der Waals surface area contributed by atoms with E-state index in [-0.39, 0.29) is 5.41 Å². The fourth-order valence-corrected chi connectivity index (χ4v) is 8.90. The van der Waals surface area contributed by atoms with Gasteiger partial charge in [-0.2, -0.15) is 0 Å². The zero-order valence-corrected chi connectivity index (χ0v) is 31.4. The van der Waals surface area contributed by atoms with Crippen molar-refractivity contribution in [3.8, 4) is 67.3 Å². The van der Waals surface area contributed by atoms with Gasteiger partial charge >= 0.3 is 0 Å². The number of hydrogen-bond donors (Lipinski definition) is 0. The Hall–Kier alpha value is -7.36. The minimum atomic E-state index is -0.335. The molecule has 0 spiro atoms. The maximum Gasteiger partial charge on any atom is 0.160 e. The molecule has 11 rings (SSSR count). The van der Waals surface area contributed by atoms with Gasteiger partial charge in [0, 0.05) is 32.9 Å². The summed E-state index contributed by atoms with van der Waals surface area (Å²) < 4.78 is 6.16. The van der Waals surface area contributed by atoms with Crippen LogP contribution in [0.4, 0.5) is 0 Å². The predicted molar refractivity (Wildman–Crippen MR) is 234 cm³/mol. The van der Waals surface area contributed by atoms with E-state index in [1.165, 1.54) is 44.5 Å². The Kier molecular flexibility index (Phi) is 7.61. The lowest BCUT2D eigenvalue weighted by molar-refractivity contribution is 0.669. The molecule has 268 valence electrons. The van der Waals surface area contributed by atoms with Crippen LogP contribution < -0.4 is 0 Å². The third-order valence-corrected chi connectivity index (χ3v) is 11.8. The molecule has 0 N–H and O–H groups in total. The summed E-state index contributed by atoms with van der Waals surface area (Å²) in [7, 11) is 0. The van der Waals surface area contributed by atoms with Crippen LogP contribution in [-0.2, 0) is 5.41 Å². The minimum Gasteiger partial charge on any atom is -0.456 e. The van der Waals surface area contributed by atoms with E-state index in [4.69, 9.17) is 14.4 Å². The number of nitrogens with zero attached hydrogens (tertiary/aromatic N) is 2. The summed E-state index contributed by atoms with van der Waals surface area (Å²) in [5, 5.41) is 2.17. The van der Waals surface area contributed by atoms with Crippen LogP contribution >= 0.6 is 0 Å². The van der Waals surface area contributed by atoms with Crippen LogP contribution in [0.3, 0.4) is 0 Å². The summed E-state index contributed by atoms with van der Waals surface area (Å²) in [6, 6.07) is 71.2. The molecular formula is C54H36N2O. The van der Waals surface area contributed by atoms with Gasteiger partial charge in [-0.25, -0.2) is 9.97 Å². The summed E-state index contributed by atoms with van der Waals surface area (Å²) in [5.41, 5.74) is 17.5. The molecule has 8 aromatic carbocycles. The van der Waals surface area contributed by atoms with Crippen molar-refractivity contribution in [2.75, 3.05) is 0 Å². The van der Waals surface area contributed by atoms with Crippen molar-refractivity contribution >= 4 is 21.9 Å². The van der Waals surface area contributed by atoms with Crippen LogP contribution in [-0.4, -0.2) is 9.97 Å². The number of furan rings is 1. The Labute approximate surface area is 331 Å². The van der Waals surface area contributed by atoms with E-state index in [0.717, 1.165) is 55.6 Å². The molecule has 0 amide bonds. The third kappa shape index (κ3) is 5.43. The first kappa shape index (κ1) is 33.0. The van der Waals surface area contributed by atoms with E-state index in [1.54, 1.807) is 0 Å². The second kappa shape index (κ2) is 13.1. The maximum atomic E-state index is 6.16. The number of para-hydroxylation sites is 1. The van der Waals surface area contributed by atoms with Crippen molar-refractivity contribution in [1.82, 2.24) is 9.97 Å². The van der Waals surface area contributed by atoms with Crippen LogP contribution in [0.15, 0.2) is 205 Å². The SMILES string of the molecule is CC1(c2ccccc2)c2cc(-c3cccc(-c4cc(-c5ccc6oc7ccccc7c6c5)nc(-c5ccccc5)n4)c3)ccc2-c2c(-c3ccccc3)cccc21. The lowest BCUT2D eigenvalue weighted by atomic mass is 9.73. The molecular weight excluding hydrogens is 693 g/mol. The van der Waals surface area contributed by atoms with E-state index in [1.807, 2.05) is 36.4 Å². The van der Waals surface area contributed by atoms with Crippen molar-refractivity contribution in [3.63, 3.8) is 0 Å².